The number of nitrogens with one attached hydrogen (secondary N) is 2. The predicted octanol–water partition coefficient (Wildman–Crippen LogP) is 5.85. The Morgan fingerprint density at radius 1 is 0.933 bits per heavy atom. The van der Waals surface area contributed by atoms with E-state index in [4.69, 9.17) is 17.0 Å². The number of benzene rings is 3. The van der Waals surface area contributed by atoms with Gasteiger partial charge in [0.25, 0.3) is 0 Å². The maximum absolute atomic E-state index is 12.4. The third kappa shape index (κ3) is 6.56. The molecular formula is C25H28N2O2S. The monoisotopic (exact) mass is 420 g/mol. The van der Waals surface area contributed by atoms with Gasteiger partial charge in [-0.2, -0.15) is 0 Å². The van der Waals surface area contributed by atoms with Gasteiger partial charge >= 0.3 is 0 Å². The van der Waals surface area contributed by atoms with Gasteiger partial charge in [-0.15, -0.1) is 0 Å². The van der Waals surface area contributed by atoms with Crippen LogP contribution in [0.4, 0.5) is 5.69 Å². The molecule has 0 aliphatic heterocycles. The number of carbonyl (C=O) groups excluding carboxylic acids is 1. The highest BCUT2D eigenvalue weighted by Gasteiger charge is 2.09. The van der Waals surface area contributed by atoms with Gasteiger partial charge in [0, 0.05) is 5.69 Å². The molecule has 156 valence electrons. The summed E-state index contributed by atoms with van der Waals surface area (Å²) in [6.07, 6.45) is 5.01. The molecule has 0 fully saturated rings. The van der Waals surface area contributed by atoms with Crippen LogP contribution in [0.15, 0.2) is 66.7 Å². The van der Waals surface area contributed by atoms with Crippen molar-refractivity contribution in [3.63, 3.8) is 0 Å². The molecule has 3 rings (SSSR count). The van der Waals surface area contributed by atoms with Gasteiger partial charge < -0.3 is 15.4 Å². The van der Waals surface area contributed by atoms with Crippen molar-refractivity contribution >= 4 is 39.7 Å². The fourth-order valence-electron chi connectivity index (χ4n) is 3.31. The Balaban J connectivity index is 1.47. The minimum atomic E-state index is -0.143. The fraction of sp³-hybridized carbons (Fsp3) is 0.280. The normalized spacial score (nSPS) is 10.6. The first kappa shape index (κ1) is 21.8. The van der Waals surface area contributed by atoms with E-state index in [1.165, 1.54) is 19.3 Å². The van der Waals surface area contributed by atoms with Crippen molar-refractivity contribution in [3.8, 4) is 5.75 Å². The van der Waals surface area contributed by atoms with Gasteiger partial charge in [-0.1, -0.05) is 68.7 Å². The van der Waals surface area contributed by atoms with Crippen LogP contribution >= 0.6 is 12.2 Å². The molecule has 2 N–H and O–H groups in total. The van der Waals surface area contributed by atoms with E-state index < -0.39 is 0 Å². The summed E-state index contributed by atoms with van der Waals surface area (Å²) >= 11 is 5.29. The Morgan fingerprint density at radius 2 is 1.70 bits per heavy atom. The molecule has 3 aromatic carbocycles. The van der Waals surface area contributed by atoms with Crippen molar-refractivity contribution in [1.82, 2.24) is 5.32 Å². The fourth-order valence-corrected chi connectivity index (χ4v) is 3.54. The van der Waals surface area contributed by atoms with Gasteiger partial charge in [0.1, 0.15) is 5.75 Å². The van der Waals surface area contributed by atoms with E-state index in [1.54, 1.807) is 0 Å². The molecule has 0 saturated carbocycles. The molecule has 0 aliphatic carbocycles. The van der Waals surface area contributed by atoms with Gasteiger partial charge in [0.15, 0.2) is 5.11 Å². The SMILES string of the molecule is CCCCCCOc1ccc(NC(=S)NC(=O)Cc2cccc3ccccc23)cc1. The number of unbranched alkanes of at least 4 members (excludes halogenated alkanes) is 3. The highest BCUT2D eigenvalue weighted by atomic mass is 32.1. The number of rotatable bonds is 9. The zero-order valence-corrected chi connectivity index (χ0v) is 18.1. The second kappa shape index (κ2) is 11.3. The summed E-state index contributed by atoms with van der Waals surface area (Å²) in [6, 6.07) is 21.6. The van der Waals surface area contributed by atoms with Crippen LogP contribution < -0.4 is 15.4 Å². The number of carbonyl (C=O) groups is 1. The van der Waals surface area contributed by atoms with E-state index in [2.05, 4.69) is 17.6 Å². The van der Waals surface area contributed by atoms with Crippen molar-refractivity contribution in [1.29, 1.82) is 0 Å². The second-order valence-electron chi connectivity index (χ2n) is 7.25. The Labute approximate surface area is 183 Å². The van der Waals surface area contributed by atoms with Gasteiger partial charge in [-0.25, -0.2) is 0 Å². The topological polar surface area (TPSA) is 50.4 Å². The zero-order chi connectivity index (χ0) is 21.2. The Morgan fingerprint density at radius 3 is 2.50 bits per heavy atom. The molecule has 0 bridgehead atoms. The maximum Gasteiger partial charge on any atom is 0.230 e. The lowest BCUT2D eigenvalue weighted by Crippen LogP contribution is -2.35. The summed E-state index contributed by atoms with van der Waals surface area (Å²) in [4.78, 5) is 12.4. The summed E-state index contributed by atoms with van der Waals surface area (Å²) in [7, 11) is 0. The number of anilines is 1. The molecule has 0 saturated heterocycles. The zero-order valence-electron chi connectivity index (χ0n) is 17.3. The second-order valence-corrected chi connectivity index (χ2v) is 7.66. The third-order valence-electron chi connectivity index (χ3n) is 4.86. The molecule has 0 unspecified atom stereocenters. The molecule has 0 aliphatic rings. The molecule has 0 spiro atoms. The lowest BCUT2D eigenvalue weighted by Gasteiger charge is -2.11. The van der Waals surface area contributed by atoms with Crippen LogP contribution in [0.2, 0.25) is 0 Å². The Kier molecular flexibility index (Phi) is 8.21. The van der Waals surface area contributed by atoms with Crippen LogP contribution in [-0.2, 0) is 11.2 Å². The molecule has 0 heterocycles. The molecule has 30 heavy (non-hydrogen) atoms. The molecular weight excluding hydrogens is 392 g/mol. The van der Waals surface area contributed by atoms with E-state index >= 15 is 0 Å². The van der Waals surface area contributed by atoms with Gasteiger partial charge in [-0.3, -0.25) is 4.79 Å². The number of hydrogen-bond acceptors (Lipinski definition) is 3. The molecule has 0 aromatic heterocycles. The summed E-state index contributed by atoms with van der Waals surface area (Å²) in [6.45, 7) is 2.93. The van der Waals surface area contributed by atoms with E-state index in [-0.39, 0.29) is 17.4 Å². The lowest BCUT2D eigenvalue weighted by atomic mass is 10.0. The van der Waals surface area contributed by atoms with Crippen molar-refractivity contribution in [3.05, 3.63) is 72.3 Å². The average Bonchev–Trinajstić information content (AvgIpc) is 2.75. The maximum atomic E-state index is 12.4. The average molecular weight is 421 g/mol. The van der Waals surface area contributed by atoms with Crippen LogP contribution in [0.25, 0.3) is 10.8 Å². The number of hydrogen-bond donors (Lipinski definition) is 2. The highest BCUT2D eigenvalue weighted by molar-refractivity contribution is 7.80. The largest absolute Gasteiger partial charge is 0.494 e. The van der Waals surface area contributed by atoms with Crippen LogP contribution in [0, 0.1) is 0 Å². The van der Waals surface area contributed by atoms with E-state index in [0.29, 0.717) is 0 Å². The van der Waals surface area contributed by atoms with Gasteiger partial charge in [0.05, 0.1) is 13.0 Å². The van der Waals surface area contributed by atoms with E-state index in [0.717, 1.165) is 40.8 Å². The first-order valence-corrected chi connectivity index (χ1v) is 10.9. The van der Waals surface area contributed by atoms with Crippen LogP contribution in [0.5, 0.6) is 5.75 Å². The molecule has 5 heteroatoms. The minimum absolute atomic E-state index is 0.143. The predicted molar refractivity (Wildman–Crippen MR) is 128 cm³/mol. The number of fused-ring (bicyclic) bond motifs is 1. The quantitative estimate of drug-likeness (QED) is 0.336. The van der Waals surface area contributed by atoms with Crippen LogP contribution in [-0.4, -0.2) is 17.6 Å². The standard InChI is InChI=1S/C25H28N2O2S/c1-2-3-4-7-17-29-22-15-13-21(14-16-22)26-25(30)27-24(28)18-20-11-8-10-19-9-5-6-12-23(19)20/h5-6,8-16H,2-4,7,17-18H2,1H3,(H2,26,27,28,30). The summed E-state index contributed by atoms with van der Waals surface area (Å²) < 4.78 is 5.75. The lowest BCUT2D eigenvalue weighted by molar-refractivity contribution is -0.119. The molecule has 4 nitrogen and oxygen atoms in total. The summed E-state index contributed by atoms with van der Waals surface area (Å²) in [5.74, 6) is 0.693. The van der Waals surface area contributed by atoms with E-state index in [9.17, 15) is 4.79 Å². The van der Waals surface area contributed by atoms with Crippen LogP contribution in [0.1, 0.15) is 38.2 Å². The van der Waals surface area contributed by atoms with Crippen molar-refractivity contribution in [2.75, 3.05) is 11.9 Å². The Hall–Kier alpha value is -2.92. The summed E-state index contributed by atoms with van der Waals surface area (Å²) in [5, 5.41) is 8.30. The first-order chi connectivity index (χ1) is 14.7. The van der Waals surface area contributed by atoms with Crippen molar-refractivity contribution in [2.45, 2.75) is 39.0 Å². The van der Waals surface area contributed by atoms with Crippen LogP contribution in [0.3, 0.4) is 0 Å². The highest BCUT2D eigenvalue weighted by Crippen LogP contribution is 2.19. The third-order valence-corrected chi connectivity index (χ3v) is 5.07. The molecule has 3 aromatic rings. The molecule has 0 radical (unpaired) electrons. The van der Waals surface area contributed by atoms with Gasteiger partial charge in [0.2, 0.25) is 5.91 Å². The van der Waals surface area contributed by atoms with Crippen molar-refractivity contribution < 1.29 is 9.53 Å². The molecule has 0 atom stereocenters. The van der Waals surface area contributed by atoms with Gasteiger partial charge in [-0.05, 0) is 59.2 Å². The number of thiocarbonyl (C=S) groups is 1. The molecule has 1 amide bonds. The minimum Gasteiger partial charge on any atom is -0.494 e. The number of ether oxygens (including phenoxy) is 1. The number of amides is 1. The van der Waals surface area contributed by atoms with Crippen molar-refractivity contribution in [2.24, 2.45) is 0 Å². The first-order valence-electron chi connectivity index (χ1n) is 10.5. The Bertz CT molecular complexity index is 981. The summed E-state index contributed by atoms with van der Waals surface area (Å²) in [5.41, 5.74) is 1.79. The van der Waals surface area contributed by atoms with E-state index in [1.807, 2.05) is 66.7 Å². The smallest absolute Gasteiger partial charge is 0.230 e.